The van der Waals surface area contributed by atoms with Crippen molar-refractivity contribution in [2.45, 2.75) is 18.5 Å². The predicted octanol–water partition coefficient (Wildman–Crippen LogP) is 0.982. The Labute approximate surface area is 169 Å². The van der Waals surface area contributed by atoms with Gasteiger partial charge < -0.3 is 14.5 Å². The minimum Gasteiger partial charge on any atom is -0.496 e. The number of piperazine rings is 1. The lowest BCUT2D eigenvalue weighted by atomic mass is 10.0. The average Bonchev–Trinajstić information content (AvgIpc) is 3.29. The van der Waals surface area contributed by atoms with Gasteiger partial charge in [0.05, 0.1) is 12.7 Å². The molecule has 4 rings (SSSR count). The third kappa shape index (κ3) is 4.08. The van der Waals surface area contributed by atoms with Crippen molar-refractivity contribution in [1.29, 1.82) is 0 Å². The van der Waals surface area contributed by atoms with Gasteiger partial charge in [-0.2, -0.15) is 0 Å². The summed E-state index contributed by atoms with van der Waals surface area (Å²) >= 11 is 0. The fraction of sp³-hybridized carbons (Fsp3) is 0.381. The van der Waals surface area contributed by atoms with Crippen LogP contribution in [-0.2, 0) is 4.79 Å². The average molecular weight is 395 g/mol. The number of nitrogens with one attached hydrogen (secondary N) is 2. The van der Waals surface area contributed by atoms with Crippen molar-refractivity contribution in [2.24, 2.45) is 0 Å². The molecule has 29 heavy (non-hydrogen) atoms. The van der Waals surface area contributed by atoms with Crippen LogP contribution in [0.3, 0.4) is 0 Å². The number of carbonyl (C=O) groups excluding carboxylic acids is 2. The Morgan fingerprint density at radius 2 is 1.69 bits per heavy atom. The van der Waals surface area contributed by atoms with E-state index in [-0.39, 0.29) is 23.9 Å². The fourth-order valence-electron chi connectivity index (χ4n) is 3.87. The van der Waals surface area contributed by atoms with Crippen molar-refractivity contribution >= 4 is 11.8 Å². The number of carbonyl (C=O) groups is 2. The van der Waals surface area contributed by atoms with E-state index in [2.05, 4.69) is 15.8 Å². The second-order valence-electron chi connectivity index (χ2n) is 7.23. The molecule has 0 bridgehead atoms. The lowest BCUT2D eigenvalue weighted by Gasteiger charge is -2.36. The van der Waals surface area contributed by atoms with E-state index in [1.54, 1.807) is 36.5 Å². The maximum atomic E-state index is 12.9. The molecule has 152 valence electrons. The molecule has 3 heterocycles. The fourth-order valence-corrected chi connectivity index (χ4v) is 3.87. The molecule has 0 saturated carbocycles. The van der Waals surface area contributed by atoms with Gasteiger partial charge in [0.2, 0.25) is 5.91 Å². The summed E-state index contributed by atoms with van der Waals surface area (Å²) < 4.78 is 5.30. The van der Waals surface area contributed by atoms with Crippen LogP contribution < -0.4 is 15.6 Å². The van der Waals surface area contributed by atoms with E-state index in [1.807, 2.05) is 29.2 Å². The van der Waals surface area contributed by atoms with Crippen molar-refractivity contribution in [3.8, 4) is 5.75 Å². The monoisotopic (exact) mass is 395 g/mol. The number of aromatic nitrogens is 1. The molecule has 2 aromatic rings. The molecule has 8 heteroatoms. The Balaban J connectivity index is 1.33. The van der Waals surface area contributed by atoms with Gasteiger partial charge in [0, 0.05) is 44.6 Å². The summed E-state index contributed by atoms with van der Waals surface area (Å²) in [6.45, 7) is 2.07. The highest BCUT2D eigenvalue weighted by Gasteiger charge is 2.34. The molecule has 0 spiro atoms. The van der Waals surface area contributed by atoms with Crippen LogP contribution in [0.1, 0.15) is 28.4 Å². The number of pyridine rings is 1. The number of hydrazine groups is 1. The molecule has 2 unspecified atom stereocenters. The zero-order valence-corrected chi connectivity index (χ0v) is 16.4. The molecule has 8 nitrogen and oxygen atoms in total. The Morgan fingerprint density at radius 1 is 1.00 bits per heavy atom. The SMILES string of the molecule is COc1ccccc1C(=O)N1CCN(C(=O)C2CC(c3ccncc3)NN2)CC1. The number of hydrogen-bond donors (Lipinski definition) is 2. The highest BCUT2D eigenvalue weighted by atomic mass is 16.5. The lowest BCUT2D eigenvalue weighted by molar-refractivity contribution is -0.134. The van der Waals surface area contributed by atoms with Crippen molar-refractivity contribution in [2.75, 3.05) is 33.3 Å². The summed E-state index contributed by atoms with van der Waals surface area (Å²) in [4.78, 5) is 33.4. The van der Waals surface area contributed by atoms with E-state index in [1.165, 1.54) is 0 Å². The molecule has 2 atom stereocenters. The zero-order chi connectivity index (χ0) is 20.2. The highest BCUT2D eigenvalue weighted by molar-refractivity contribution is 5.97. The topological polar surface area (TPSA) is 86.8 Å². The summed E-state index contributed by atoms with van der Waals surface area (Å²) in [5.74, 6) is 0.575. The molecule has 2 amide bonds. The van der Waals surface area contributed by atoms with Gasteiger partial charge in [0.15, 0.2) is 0 Å². The standard InChI is InChI=1S/C21H25N5O3/c1-29-19-5-3-2-4-16(19)20(27)25-10-12-26(13-11-25)21(28)18-14-17(23-24-18)15-6-8-22-9-7-15/h2-9,17-18,23-24H,10-14H2,1H3. The largest absolute Gasteiger partial charge is 0.496 e. The number of hydrogen-bond acceptors (Lipinski definition) is 6. The minimum atomic E-state index is -0.273. The second kappa shape index (κ2) is 8.59. The van der Waals surface area contributed by atoms with Crippen LogP contribution in [0.5, 0.6) is 5.75 Å². The molecule has 1 aromatic carbocycles. The van der Waals surface area contributed by atoms with Gasteiger partial charge in [-0.25, -0.2) is 10.9 Å². The van der Waals surface area contributed by atoms with Crippen LogP contribution >= 0.6 is 0 Å². The summed E-state index contributed by atoms with van der Waals surface area (Å²) in [6, 6.07) is 10.9. The maximum Gasteiger partial charge on any atom is 0.257 e. The predicted molar refractivity (Wildman–Crippen MR) is 107 cm³/mol. The molecule has 2 aliphatic heterocycles. The molecule has 2 aliphatic rings. The van der Waals surface area contributed by atoms with Gasteiger partial charge in [0.1, 0.15) is 11.8 Å². The number of nitrogens with zero attached hydrogens (tertiary/aromatic N) is 3. The van der Waals surface area contributed by atoms with E-state index >= 15 is 0 Å². The summed E-state index contributed by atoms with van der Waals surface area (Å²) in [6.07, 6.45) is 4.19. The van der Waals surface area contributed by atoms with Crippen molar-refractivity contribution in [1.82, 2.24) is 25.6 Å². The lowest BCUT2D eigenvalue weighted by Crippen LogP contribution is -2.54. The molecule has 2 saturated heterocycles. The third-order valence-electron chi connectivity index (χ3n) is 5.53. The first-order valence-corrected chi connectivity index (χ1v) is 9.79. The Kier molecular flexibility index (Phi) is 5.73. The highest BCUT2D eigenvalue weighted by Crippen LogP contribution is 2.23. The van der Waals surface area contributed by atoms with Crippen molar-refractivity contribution < 1.29 is 14.3 Å². The summed E-state index contributed by atoms with van der Waals surface area (Å²) in [5, 5.41) is 0. The molecular weight excluding hydrogens is 370 g/mol. The van der Waals surface area contributed by atoms with E-state index in [9.17, 15) is 9.59 Å². The summed E-state index contributed by atoms with van der Waals surface area (Å²) in [7, 11) is 1.56. The molecule has 2 fully saturated rings. The van der Waals surface area contributed by atoms with Crippen LogP contribution in [-0.4, -0.2) is 65.9 Å². The van der Waals surface area contributed by atoms with Crippen LogP contribution in [0.15, 0.2) is 48.8 Å². The quantitative estimate of drug-likeness (QED) is 0.803. The number of ether oxygens (including phenoxy) is 1. The van der Waals surface area contributed by atoms with Gasteiger partial charge in [-0.05, 0) is 36.2 Å². The molecule has 2 N–H and O–H groups in total. The first-order valence-electron chi connectivity index (χ1n) is 9.79. The van der Waals surface area contributed by atoms with Crippen molar-refractivity contribution in [3.05, 3.63) is 59.9 Å². The number of rotatable bonds is 4. The van der Waals surface area contributed by atoms with E-state index in [0.717, 1.165) is 5.56 Å². The number of methoxy groups -OCH3 is 1. The van der Waals surface area contributed by atoms with Gasteiger partial charge in [-0.1, -0.05) is 12.1 Å². The summed E-state index contributed by atoms with van der Waals surface area (Å²) in [5.41, 5.74) is 7.98. The Hall–Kier alpha value is -2.97. The third-order valence-corrected chi connectivity index (χ3v) is 5.53. The second-order valence-corrected chi connectivity index (χ2v) is 7.23. The van der Waals surface area contributed by atoms with Gasteiger partial charge in [-0.15, -0.1) is 0 Å². The minimum absolute atomic E-state index is 0.0621. The first-order chi connectivity index (χ1) is 14.2. The number of benzene rings is 1. The molecule has 0 aliphatic carbocycles. The maximum absolute atomic E-state index is 12.9. The van der Waals surface area contributed by atoms with E-state index in [4.69, 9.17) is 4.74 Å². The van der Waals surface area contributed by atoms with Crippen molar-refractivity contribution in [3.63, 3.8) is 0 Å². The Morgan fingerprint density at radius 3 is 2.41 bits per heavy atom. The molecule has 1 aromatic heterocycles. The van der Waals surface area contributed by atoms with Gasteiger partial charge >= 0.3 is 0 Å². The molecule has 0 radical (unpaired) electrons. The van der Waals surface area contributed by atoms with Gasteiger partial charge in [0.25, 0.3) is 5.91 Å². The van der Waals surface area contributed by atoms with Crippen LogP contribution in [0, 0.1) is 0 Å². The number of para-hydroxylation sites is 1. The Bertz CT molecular complexity index is 868. The zero-order valence-electron chi connectivity index (χ0n) is 16.4. The van der Waals surface area contributed by atoms with Gasteiger partial charge in [-0.3, -0.25) is 14.6 Å². The normalized spacial score (nSPS) is 21.8. The van der Waals surface area contributed by atoms with Crippen LogP contribution in [0.4, 0.5) is 0 Å². The molecular formula is C21H25N5O3. The first kappa shape index (κ1) is 19.4. The van der Waals surface area contributed by atoms with Crippen LogP contribution in [0.25, 0.3) is 0 Å². The number of amides is 2. The van der Waals surface area contributed by atoms with E-state index < -0.39 is 0 Å². The van der Waals surface area contributed by atoms with E-state index in [0.29, 0.717) is 43.9 Å². The van der Waals surface area contributed by atoms with Crippen LogP contribution in [0.2, 0.25) is 0 Å². The smallest absolute Gasteiger partial charge is 0.257 e.